The Kier molecular flexibility index (Phi) is 4.88. The van der Waals surface area contributed by atoms with Gasteiger partial charge in [0, 0.05) is 17.9 Å². The second-order valence-corrected chi connectivity index (χ2v) is 6.09. The van der Waals surface area contributed by atoms with Crippen molar-refractivity contribution in [2.45, 2.75) is 51.5 Å². The first-order valence-electron chi connectivity index (χ1n) is 8.23. The van der Waals surface area contributed by atoms with Gasteiger partial charge in [-0.05, 0) is 43.5 Å². The highest BCUT2D eigenvalue weighted by molar-refractivity contribution is 5.55. The van der Waals surface area contributed by atoms with E-state index >= 15 is 0 Å². The fraction of sp³-hybridized carbons (Fsp3) is 0.444. The molecule has 0 unspecified atom stereocenters. The SMILES string of the molecule is Cc1cccc(Nc2nccc(NC3CCCCCC3)n2)c1. The van der Waals surface area contributed by atoms with Crippen molar-refractivity contribution in [2.75, 3.05) is 10.6 Å². The monoisotopic (exact) mass is 296 g/mol. The third-order valence-corrected chi connectivity index (χ3v) is 4.14. The number of aromatic nitrogens is 2. The smallest absolute Gasteiger partial charge is 0.229 e. The number of aryl methyl sites for hydroxylation is 1. The minimum Gasteiger partial charge on any atom is -0.367 e. The van der Waals surface area contributed by atoms with Crippen LogP contribution in [0.3, 0.4) is 0 Å². The predicted octanol–water partition coefficient (Wildman–Crippen LogP) is 4.66. The van der Waals surface area contributed by atoms with Crippen LogP contribution in [0.5, 0.6) is 0 Å². The molecule has 0 saturated heterocycles. The van der Waals surface area contributed by atoms with Crippen LogP contribution in [-0.2, 0) is 0 Å². The molecule has 0 aliphatic heterocycles. The number of nitrogens with one attached hydrogen (secondary N) is 2. The van der Waals surface area contributed by atoms with Gasteiger partial charge in [-0.25, -0.2) is 4.98 Å². The number of rotatable bonds is 4. The molecule has 2 aromatic rings. The Hall–Kier alpha value is -2.10. The highest BCUT2D eigenvalue weighted by atomic mass is 15.1. The van der Waals surface area contributed by atoms with E-state index in [1.165, 1.54) is 44.1 Å². The Balaban J connectivity index is 1.66. The van der Waals surface area contributed by atoms with E-state index in [0.29, 0.717) is 12.0 Å². The van der Waals surface area contributed by atoms with Crippen LogP contribution in [0.2, 0.25) is 0 Å². The highest BCUT2D eigenvalue weighted by Gasteiger charge is 2.12. The summed E-state index contributed by atoms with van der Waals surface area (Å²) in [4.78, 5) is 8.90. The van der Waals surface area contributed by atoms with Gasteiger partial charge in [-0.3, -0.25) is 0 Å². The average Bonchev–Trinajstić information content (AvgIpc) is 2.76. The summed E-state index contributed by atoms with van der Waals surface area (Å²) >= 11 is 0. The zero-order valence-corrected chi connectivity index (χ0v) is 13.2. The van der Waals surface area contributed by atoms with Crippen molar-refractivity contribution in [1.82, 2.24) is 9.97 Å². The van der Waals surface area contributed by atoms with Crippen molar-refractivity contribution in [3.8, 4) is 0 Å². The van der Waals surface area contributed by atoms with Gasteiger partial charge in [0.05, 0.1) is 0 Å². The van der Waals surface area contributed by atoms with Gasteiger partial charge in [0.25, 0.3) is 0 Å². The first kappa shape index (κ1) is 14.8. The lowest BCUT2D eigenvalue weighted by Gasteiger charge is -2.17. The largest absolute Gasteiger partial charge is 0.367 e. The van der Waals surface area contributed by atoms with Crippen molar-refractivity contribution >= 4 is 17.5 Å². The molecule has 1 fully saturated rings. The molecule has 0 spiro atoms. The van der Waals surface area contributed by atoms with E-state index in [1.807, 2.05) is 24.4 Å². The van der Waals surface area contributed by atoms with Crippen LogP contribution < -0.4 is 10.6 Å². The van der Waals surface area contributed by atoms with Gasteiger partial charge in [-0.1, -0.05) is 37.8 Å². The molecule has 1 saturated carbocycles. The van der Waals surface area contributed by atoms with E-state index in [-0.39, 0.29) is 0 Å². The third kappa shape index (κ3) is 4.20. The second-order valence-electron chi connectivity index (χ2n) is 6.09. The van der Waals surface area contributed by atoms with Gasteiger partial charge in [0.15, 0.2) is 0 Å². The van der Waals surface area contributed by atoms with Crippen LogP contribution >= 0.6 is 0 Å². The maximum absolute atomic E-state index is 4.59. The number of benzene rings is 1. The second kappa shape index (κ2) is 7.25. The fourth-order valence-corrected chi connectivity index (χ4v) is 2.98. The molecule has 1 heterocycles. The molecule has 1 aliphatic rings. The first-order valence-corrected chi connectivity index (χ1v) is 8.23. The van der Waals surface area contributed by atoms with E-state index in [0.717, 1.165) is 11.5 Å². The molecule has 1 aliphatic carbocycles. The molecule has 4 heteroatoms. The lowest BCUT2D eigenvalue weighted by Crippen LogP contribution is -2.19. The fourth-order valence-electron chi connectivity index (χ4n) is 2.98. The molecule has 3 rings (SSSR count). The standard InChI is InChI=1S/C18H24N4/c1-14-7-6-10-16(13-14)21-18-19-12-11-17(22-18)20-15-8-4-2-3-5-9-15/h6-7,10-13,15H,2-5,8-9H2,1H3,(H2,19,20,21,22). The zero-order valence-electron chi connectivity index (χ0n) is 13.2. The lowest BCUT2D eigenvalue weighted by molar-refractivity contribution is 0.617. The Morgan fingerprint density at radius 3 is 2.64 bits per heavy atom. The molecule has 22 heavy (non-hydrogen) atoms. The van der Waals surface area contributed by atoms with Crippen LogP contribution in [0.25, 0.3) is 0 Å². The Labute approximate surface area is 132 Å². The first-order chi connectivity index (χ1) is 10.8. The Morgan fingerprint density at radius 2 is 1.86 bits per heavy atom. The topological polar surface area (TPSA) is 49.8 Å². The molecular formula is C18H24N4. The normalized spacial score (nSPS) is 16.0. The predicted molar refractivity (Wildman–Crippen MR) is 91.6 cm³/mol. The molecule has 0 bridgehead atoms. The van der Waals surface area contributed by atoms with Crippen LogP contribution in [0.1, 0.15) is 44.1 Å². The summed E-state index contributed by atoms with van der Waals surface area (Å²) in [6.07, 6.45) is 9.65. The molecule has 4 nitrogen and oxygen atoms in total. The summed E-state index contributed by atoms with van der Waals surface area (Å²) in [5, 5.41) is 6.84. The van der Waals surface area contributed by atoms with Crippen LogP contribution in [0.15, 0.2) is 36.5 Å². The van der Waals surface area contributed by atoms with Crippen molar-refractivity contribution < 1.29 is 0 Å². The van der Waals surface area contributed by atoms with Crippen molar-refractivity contribution in [3.05, 3.63) is 42.1 Å². The van der Waals surface area contributed by atoms with Crippen LogP contribution in [-0.4, -0.2) is 16.0 Å². The number of hydrogen-bond acceptors (Lipinski definition) is 4. The van der Waals surface area contributed by atoms with Crippen LogP contribution in [0.4, 0.5) is 17.5 Å². The van der Waals surface area contributed by atoms with E-state index in [9.17, 15) is 0 Å². The summed E-state index contributed by atoms with van der Waals surface area (Å²) in [5.41, 5.74) is 2.24. The molecule has 0 atom stereocenters. The summed E-state index contributed by atoms with van der Waals surface area (Å²) in [5.74, 6) is 1.56. The van der Waals surface area contributed by atoms with Crippen molar-refractivity contribution in [2.24, 2.45) is 0 Å². The number of hydrogen-bond donors (Lipinski definition) is 2. The minimum absolute atomic E-state index is 0.546. The van der Waals surface area contributed by atoms with Gasteiger partial charge in [0.1, 0.15) is 5.82 Å². The van der Waals surface area contributed by atoms with E-state index in [4.69, 9.17) is 0 Å². The summed E-state index contributed by atoms with van der Waals surface area (Å²) < 4.78 is 0. The Morgan fingerprint density at radius 1 is 1.05 bits per heavy atom. The van der Waals surface area contributed by atoms with E-state index in [2.05, 4.69) is 39.7 Å². The lowest BCUT2D eigenvalue weighted by atomic mass is 10.1. The maximum Gasteiger partial charge on any atom is 0.229 e. The molecule has 116 valence electrons. The van der Waals surface area contributed by atoms with Crippen LogP contribution in [0, 0.1) is 6.92 Å². The third-order valence-electron chi connectivity index (χ3n) is 4.14. The van der Waals surface area contributed by atoms with Crippen molar-refractivity contribution in [3.63, 3.8) is 0 Å². The summed E-state index contributed by atoms with van der Waals surface area (Å²) in [6, 6.07) is 10.7. The molecule has 2 N–H and O–H groups in total. The zero-order chi connectivity index (χ0) is 15.2. The highest BCUT2D eigenvalue weighted by Crippen LogP contribution is 2.21. The molecule has 1 aromatic carbocycles. The average molecular weight is 296 g/mol. The Bertz CT molecular complexity index is 604. The molecular weight excluding hydrogens is 272 g/mol. The number of anilines is 3. The quantitative estimate of drug-likeness (QED) is 0.805. The van der Waals surface area contributed by atoms with Gasteiger partial charge in [-0.2, -0.15) is 4.98 Å². The van der Waals surface area contributed by atoms with Gasteiger partial charge in [0.2, 0.25) is 5.95 Å². The van der Waals surface area contributed by atoms with E-state index in [1.54, 1.807) is 0 Å². The maximum atomic E-state index is 4.59. The summed E-state index contributed by atoms with van der Waals surface area (Å²) in [7, 11) is 0. The number of nitrogens with zero attached hydrogens (tertiary/aromatic N) is 2. The van der Waals surface area contributed by atoms with E-state index < -0.39 is 0 Å². The molecule has 1 aromatic heterocycles. The van der Waals surface area contributed by atoms with Gasteiger partial charge >= 0.3 is 0 Å². The van der Waals surface area contributed by atoms with Gasteiger partial charge in [-0.15, -0.1) is 0 Å². The minimum atomic E-state index is 0.546. The molecule has 0 radical (unpaired) electrons. The molecule has 0 amide bonds. The van der Waals surface area contributed by atoms with Crippen molar-refractivity contribution in [1.29, 1.82) is 0 Å². The van der Waals surface area contributed by atoms with Gasteiger partial charge < -0.3 is 10.6 Å². The summed E-state index contributed by atoms with van der Waals surface area (Å²) in [6.45, 7) is 2.08.